The molecular formula is C21H28N6O3S. The zero-order valence-corrected chi connectivity index (χ0v) is 19.0. The van der Waals surface area contributed by atoms with Crippen molar-refractivity contribution < 1.29 is 14.2 Å². The molecule has 1 aliphatic rings. The van der Waals surface area contributed by atoms with Gasteiger partial charge in [0.1, 0.15) is 11.5 Å². The summed E-state index contributed by atoms with van der Waals surface area (Å²) in [4.78, 5) is 13.5. The Bertz CT molecular complexity index is 926. The Morgan fingerprint density at radius 1 is 1.16 bits per heavy atom. The molecule has 3 N–H and O–H groups in total. The van der Waals surface area contributed by atoms with Gasteiger partial charge in [-0.2, -0.15) is 0 Å². The maximum Gasteiger partial charge on any atom is 0.229 e. The highest BCUT2D eigenvalue weighted by Crippen LogP contribution is 2.28. The average Bonchev–Trinajstić information content (AvgIpc) is 3.25. The van der Waals surface area contributed by atoms with Gasteiger partial charge in [0.05, 0.1) is 32.6 Å². The van der Waals surface area contributed by atoms with E-state index in [-0.39, 0.29) is 6.10 Å². The lowest BCUT2D eigenvalue weighted by molar-refractivity contribution is 0.118. The number of aliphatic imine (C=N–C) groups is 1. The van der Waals surface area contributed by atoms with Crippen LogP contribution in [0.15, 0.2) is 29.3 Å². The van der Waals surface area contributed by atoms with E-state index in [1.165, 1.54) is 0 Å². The number of anilines is 2. The van der Waals surface area contributed by atoms with E-state index in [1.807, 2.05) is 32.0 Å². The van der Waals surface area contributed by atoms with E-state index < -0.39 is 0 Å². The predicted molar refractivity (Wildman–Crippen MR) is 125 cm³/mol. The molecule has 1 aromatic carbocycles. The van der Waals surface area contributed by atoms with Crippen LogP contribution < -0.4 is 25.4 Å². The molecule has 1 aliphatic heterocycles. The fourth-order valence-electron chi connectivity index (χ4n) is 3.14. The summed E-state index contributed by atoms with van der Waals surface area (Å²) in [6, 6.07) is 7.33. The van der Waals surface area contributed by atoms with Crippen LogP contribution in [0.25, 0.3) is 0 Å². The van der Waals surface area contributed by atoms with Crippen LogP contribution in [0.5, 0.6) is 11.5 Å². The van der Waals surface area contributed by atoms with Crippen molar-refractivity contribution in [3.63, 3.8) is 0 Å². The molecule has 166 valence electrons. The number of aromatic nitrogens is 2. The Kier molecular flexibility index (Phi) is 7.96. The van der Waals surface area contributed by atoms with Crippen LogP contribution in [0, 0.1) is 13.8 Å². The molecule has 2 aromatic rings. The molecule has 1 unspecified atom stereocenters. The Morgan fingerprint density at radius 2 is 1.94 bits per heavy atom. The van der Waals surface area contributed by atoms with Crippen LogP contribution in [-0.2, 0) is 4.74 Å². The number of hydrogen-bond acceptors (Lipinski definition) is 7. The van der Waals surface area contributed by atoms with Gasteiger partial charge in [-0.1, -0.05) is 0 Å². The number of ether oxygens (including phenoxy) is 3. The van der Waals surface area contributed by atoms with Crippen molar-refractivity contribution >= 4 is 34.9 Å². The van der Waals surface area contributed by atoms with Gasteiger partial charge in [-0.3, -0.25) is 5.32 Å². The molecule has 1 aromatic heterocycles. The Morgan fingerprint density at radius 3 is 2.58 bits per heavy atom. The van der Waals surface area contributed by atoms with Crippen molar-refractivity contribution in [2.45, 2.75) is 32.8 Å². The monoisotopic (exact) mass is 444 g/mol. The molecule has 1 fully saturated rings. The molecule has 31 heavy (non-hydrogen) atoms. The van der Waals surface area contributed by atoms with Crippen molar-refractivity contribution in [1.29, 1.82) is 0 Å². The molecular weight excluding hydrogens is 416 g/mol. The molecule has 0 saturated carbocycles. The molecule has 2 heterocycles. The number of rotatable bonds is 6. The lowest BCUT2D eigenvalue weighted by Crippen LogP contribution is -2.39. The van der Waals surface area contributed by atoms with Crippen LogP contribution in [0.1, 0.15) is 24.2 Å². The maximum atomic E-state index is 5.67. The maximum absolute atomic E-state index is 5.67. The Labute approximate surface area is 187 Å². The largest absolute Gasteiger partial charge is 0.497 e. The third kappa shape index (κ3) is 6.76. The summed E-state index contributed by atoms with van der Waals surface area (Å²) in [6.45, 7) is 5.11. The lowest BCUT2D eigenvalue weighted by atomic mass is 10.2. The van der Waals surface area contributed by atoms with E-state index >= 15 is 0 Å². The van der Waals surface area contributed by atoms with E-state index in [0.717, 1.165) is 30.8 Å². The first kappa shape index (κ1) is 22.7. The Hall–Kier alpha value is -2.98. The summed E-state index contributed by atoms with van der Waals surface area (Å²) in [5.74, 6) is 2.17. The van der Waals surface area contributed by atoms with Crippen LogP contribution in [0.4, 0.5) is 11.6 Å². The summed E-state index contributed by atoms with van der Waals surface area (Å²) in [5, 5.41) is 9.69. The molecule has 0 amide bonds. The first-order valence-electron chi connectivity index (χ1n) is 10.0. The van der Waals surface area contributed by atoms with Crippen molar-refractivity contribution in [3.05, 3.63) is 35.7 Å². The SMILES string of the molecule is COc1ccc(NC(=S)NC(=NCC2CCCO2)Nc2nc(C)cc(C)n2)c(OC)c1. The fourth-order valence-corrected chi connectivity index (χ4v) is 3.35. The highest BCUT2D eigenvalue weighted by molar-refractivity contribution is 7.80. The second kappa shape index (κ2) is 10.9. The number of methoxy groups -OCH3 is 2. The molecule has 0 bridgehead atoms. The van der Waals surface area contributed by atoms with Crippen LogP contribution >= 0.6 is 12.2 Å². The second-order valence-corrected chi connectivity index (χ2v) is 7.48. The van der Waals surface area contributed by atoms with Crippen molar-refractivity contribution in [1.82, 2.24) is 15.3 Å². The quantitative estimate of drug-likeness (QED) is 0.352. The van der Waals surface area contributed by atoms with Crippen LogP contribution in [0.3, 0.4) is 0 Å². The molecule has 9 nitrogen and oxygen atoms in total. The fraction of sp³-hybridized carbons (Fsp3) is 0.429. The third-order valence-corrected chi connectivity index (χ3v) is 4.78. The first-order valence-corrected chi connectivity index (χ1v) is 10.4. The summed E-state index contributed by atoms with van der Waals surface area (Å²) in [5.41, 5.74) is 2.41. The van der Waals surface area contributed by atoms with E-state index in [2.05, 4.69) is 30.9 Å². The average molecular weight is 445 g/mol. The number of nitrogens with one attached hydrogen (secondary N) is 3. The normalized spacial score (nSPS) is 16.0. The van der Waals surface area contributed by atoms with Gasteiger partial charge in [-0.25, -0.2) is 15.0 Å². The summed E-state index contributed by atoms with van der Waals surface area (Å²) >= 11 is 5.50. The number of guanidine groups is 1. The summed E-state index contributed by atoms with van der Waals surface area (Å²) in [6.07, 6.45) is 2.14. The van der Waals surface area contributed by atoms with Crippen LogP contribution in [-0.4, -0.2) is 54.5 Å². The highest BCUT2D eigenvalue weighted by atomic mass is 32.1. The number of thiocarbonyl (C=S) groups is 1. The summed E-state index contributed by atoms with van der Waals surface area (Å²) in [7, 11) is 3.19. The van der Waals surface area contributed by atoms with Gasteiger partial charge in [0.25, 0.3) is 0 Å². The standard InChI is InChI=1S/C21H28N6O3S/c1-13-10-14(2)24-20(23-13)26-19(22-12-16-6-5-9-30-16)27-21(31)25-17-8-7-15(28-3)11-18(17)29-4/h7-8,10-11,16H,5-6,9,12H2,1-4H3,(H3,22,23,24,25,26,27,31). The predicted octanol–water partition coefficient (Wildman–Crippen LogP) is 3.04. The number of aryl methyl sites for hydroxylation is 2. The molecule has 3 rings (SSSR count). The van der Waals surface area contributed by atoms with Crippen LogP contribution in [0.2, 0.25) is 0 Å². The molecule has 0 spiro atoms. The number of nitrogens with zero attached hydrogens (tertiary/aromatic N) is 3. The topological polar surface area (TPSA) is 102 Å². The molecule has 1 saturated heterocycles. The number of hydrogen-bond donors (Lipinski definition) is 3. The molecule has 10 heteroatoms. The Balaban J connectivity index is 1.73. The minimum atomic E-state index is 0.0991. The number of benzene rings is 1. The molecule has 1 atom stereocenters. The van der Waals surface area contributed by atoms with Gasteiger partial charge in [0.2, 0.25) is 11.9 Å². The van der Waals surface area contributed by atoms with E-state index in [4.69, 9.17) is 26.4 Å². The van der Waals surface area contributed by atoms with Gasteiger partial charge in [-0.15, -0.1) is 0 Å². The van der Waals surface area contributed by atoms with Gasteiger partial charge in [0.15, 0.2) is 5.11 Å². The second-order valence-electron chi connectivity index (χ2n) is 7.07. The van der Waals surface area contributed by atoms with Gasteiger partial charge in [-0.05, 0) is 57.1 Å². The van der Waals surface area contributed by atoms with Gasteiger partial charge < -0.3 is 24.8 Å². The van der Waals surface area contributed by atoms with Gasteiger partial charge >= 0.3 is 0 Å². The smallest absolute Gasteiger partial charge is 0.229 e. The van der Waals surface area contributed by atoms with Crippen molar-refractivity contribution in [2.24, 2.45) is 4.99 Å². The first-order chi connectivity index (χ1) is 15.0. The lowest BCUT2D eigenvalue weighted by Gasteiger charge is -2.17. The molecule has 0 aliphatic carbocycles. The zero-order valence-electron chi connectivity index (χ0n) is 18.2. The third-order valence-electron chi connectivity index (χ3n) is 4.58. The minimum absolute atomic E-state index is 0.0991. The summed E-state index contributed by atoms with van der Waals surface area (Å²) < 4.78 is 16.3. The minimum Gasteiger partial charge on any atom is -0.497 e. The van der Waals surface area contributed by atoms with Crippen molar-refractivity contribution in [3.8, 4) is 11.5 Å². The van der Waals surface area contributed by atoms with Crippen molar-refractivity contribution in [2.75, 3.05) is 38.0 Å². The zero-order chi connectivity index (χ0) is 22.2. The van der Waals surface area contributed by atoms with Gasteiger partial charge in [0, 0.05) is 24.1 Å². The van der Waals surface area contributed by atoms with E-state index in [0.29, 0.717) is 40.8 Å². The highest BCUT2D eigenvalue weighted by Gasteiger charge is 2.16. The van der Waals surface area contributed by atoms with E-state index in [9.17, 15) is 0 Å². The molecule has 0 radical (unpaired) electrons. The van der Waals surface area contributed by atoms with E-state index in [1.54, 1.807) is 20.3 Å².